The molecule has 0 radical (unpaired) electrons. The van der Waals surface area contributed by atoms with Crippen LogP contribution in [0.2, 0.25) is 0 Å². The summed E-state index contributed by atoms with van der Waals surface area (Å²) in [7, 11) is 1.78. The van der Waals surface area contributed by atoms with Crippen molar-refractivity contribution in [2.24, 2.45) is 0 Å². The zero-order chi connectivity index (χ0) is 16.3. The highest BCUT2D eigenvalue weighted by Gasteiger charge is 2.13. The number of anilines is 1. The van der Waals surface area contributed by atoms with Crippen LogP contribution in [0.25, 0.3) is 0 Å². The average Bonchev–Trinajstić information content (AvgIpc) is 2.46. The van der Waals surface area contributed by atoms with E-state index in [1.165, 1.54) is 0 Å². The monoisotopic (exact) mass is 299 g/mol. The first-order chi connectivity index (χ1) is 10.4. The van der Waals surface area contributed by atoms with Crippen LogP contribution >= 0.6 is 0 Å². The number of carbonyl (C=O) groups excluding carboxylic acids is 1. The highest BCUT2D eigenvalue weighted by molar-refractivity contribution is 5.92. The van der Waals surface area contributed by atoms with E-state index in [-0.39, 0.29) is 11.6 Å². The van der Waals surface area contributed by atoms with E-state index >= 15 is 0 Å². The van der Waals surface area contributed by atoms with E-state index in [1.807, 2.05) is 38.1 Å². The van der Waals surface area contributed by atoms with Gasteiger partial charge >= 0.3 is 5.69 Å². The number of rotatable bonds is 4. The Kier molecular flexibility index (Phi) is 4.75. The first kappa shape index (κ1) is 15.9. The Morgan fingerprint density at radius 1 is 1.18 bits per heavy atom. The lowest BCUT2D eigenvalue weighted by molar-refractivity contribution is -0.118. The third-order valence-corrected chi connectivity index (χ3v) is 3.84. The smallest absolute Gasteiger partial charge is 0.315 e. The summed E-state index contributed by atoms with van der Waals surface area (Å²) in [6, 6.07) is 7.84. The molecule has 0 spiro atoms. The maximum atomic E-state index is 12.3. The van der Waals surface area contributed by atoms with Gasteiger partial charge in [0.05, 0.1) is 0 Å². The number of nitrogens with one attached hydrogen (secondary N) is 1. The van der Waals surface area contributed by atoms with Crippen LogP contribution in [-0.2, 0) is 11.2 Å². The van der Waals surface area contributed by atoms with Gasteiger partial charge in [0.25, 0.3) is 0 Å². The Morgan fingerprint density at radius 2 is 1.82 bits per heavy atom. The molecule has 0 unspecified atom stereocenters. The maximum Gasteiger partial charge on any atom is 0.345 e. The minimum Gasteiger partial charge on any atom is -0.315 e. The van der Waals surface area contributed by atoms with Crippen LogP contribution in [0.5, 0.6) is 0 Å². The van der Waals surface area contributed by atoms with Gasteiger partial charge in [-0.3, -0.25) is 4.79 Å². The predicted octanol–water partition coefficient (Wildman–Crippen LogP) is 2.29. The van der Waals surface area contributed by atoms with E-state index in [0.29, 0.717) is 18.5 Å². The van der Waals surface area contributed by atoms with Gasteiger partial charge < -0.3 is 9.88 Å². The van der Waals surface area contributed by atoms with Gasteiger partial charge in [0, 0.05) is 30.5 Å². The van der Waals surface area contributed by atoms with E-state index < -0.39 is 0 Å². The SMILES string of the molecule is Cc1ccc(N(C)C(=O)CCc2c(C)nc(=O)[nH]c2C)cc1. The molecule has 0 fully saturated rings. The van der Waals surface area contributed by atoms with Crippen molar-refractivity contribution in [2.75, 3.05) is 11.9 Å². The molecule has 1 amide bonds. The fourth-order valence-electron chi connectivity index (χ4n) is 2.44. The highest BCUT2D eigenvalue weighted by atomic mass is 16.2. The lowest BCUT2D eigenvalue weighted by Gasteiger charge is -2.18. The molecule has 0 aliphatic rings. The molecule has 5 heteroatoms. The summed E-state index contributed by atoms with van der Waals surface area (Å²) in [6.07, 6.45) is 0.941. The van der Waals surface area contributed by atoms with Crippen molar-refractivity contribution in [3.63, 3.8) is 0 Å². The molecule has 0 saturated carbocycles. The molecule has 0 bridgehead atoms. The van der Waals surface area contributed by atoms with Crippen molar-refractivity contribution in [3.8, 4) is 0 Å². The van der Waals surface area contributed by atoms with Crippen molar-refractivity contribution in [1.29, 1.82) is 0 Å². The molecule has 0 aliphatic carbocycles. The fourth-order valence-corrected chi connectivity index (χ4v) is 2.44. The Bertz CT molecular complexity index is 706. The minimum atomic E-state index is -0.346. The molecule has 1 aromatic heterocycles. The number of aryl methyl sites for hydroxylation is 3. The molecule has 116 valence electrons. The Morgan fingerprint density at radius 3 is 2.41 bits per heavy atom. The molecule has 1 heterocycles. The molecule has 2 aromatic rings. The Labute approximate surface area is 130 Å². The van der Waals surface area contributed by atoms with Gasteiger partial charge in [0.15, 0.2) is 0 Å². The fraction of sp³-hybridized carbons (Fsp3) is 0.353. The van der Waals surface area contributed by atoms with Gasteiger partial charge in [0.1, 0.15) is 0 Å². The standard InChI is InChI=1S/C17H21N3O2/c1-11-5-7-14(8-6-11)20(4)16(21)10-9-15-12(2)18-17(22)19-13(15)3/h5-8H,9-10H2,1-4H3,(H,18,19,22). The number of amides is 1. The maximum absolute atomic E-state index is 12.3. The second kappa shape index (κ2) is 6.56. The normalized spacial score (nSPS) is 10.5. The number of aromatic amines is 1. The number of hydrogen-bond donors (Lipinski definition) is 1. The third kappa shape index (κ3) is 3.61. The van der Waals surface area contributed by atoms with Gasteiger partial charge in [-0.2, -0.15) is 4.98 Å². The van der Waals surface area contributed by atoms with Crippen molar-refractivity contribution >= 4 is 11.6 Å². The zero-order valence-corrected chi connectivity index (χ0v) is 13.4. The van der Waals surface area contributed by atoms with Gasteiger partial charge in [0.2, 0.25) is 5.91 Å². The van der Waals surface area contributed by atoms with Crippen molar-refractivity contribution in [3.05, 3.63) is 57.3 Å². The minimum absolute atomic E-state index is 0.0360. The molecule has 0 saturated heterocycles. The van der Waals surface area contributed by atoms with Gasteiger partial charge in [-0.05, 0) is 44.9 Å². The molecule has 0 atom stereocenters. The van der Waals surface area contributed by atoms with E-state index in [0.717, 1.165) is 22.5 Å². The van der Waals surface area contributed by atoms with Crippen LogP contribution < -0.4 is 10.6 Å². The van der Waals surface area contributed by atoms with E-state index in [1.54, 1.807) is 18.9 Å². The first-order valence-corrected chi connectivity index (χ1v) is 7.28. The van der Waals surface area contributed by atoms with Crippen LogP contribution in [-0.4, -0.2) is 22.9 Å². The molecule has 1 aromatic carbocycles. The number of carbonyl (C=O) groups is 1. The summed E-state index contributed by atoms with van der Waals surface area (Å²) >= 11 is 0. The summed E-state index contributed by atoms with van der Waals surface area (Å²) in [4.78, 5) is 31.8. The Balaban J connectivity index is 2.07. The van der Waals surface area contributed by atoms with Crippen LogP contribution in [0, 0.1) is 20.8 Å². The number of H-pyrrole nitrogens is 1. The molecule has 22 heavy (non-hydrogen) atoms. The van der Waals surface area contributed by atoms with Crippen molar-refractivity contribution < 1.29 is 4.79 Å². The molecular formula is C17H21N3O2. The lowest BCUT2D eigenvalue weighted by Crippen LogP contribution is -2.27. The summed E-state index contributed by atoms with van der Waals surface area (Å²) in [6.45, 7) is 5.64. The average molecular weight is 299 g/mol. The number of hydrogen-bond acceptors (Lipinski definition) is 3. The van der Waals surface area contributed by atoms with Crippen LogP contribution in [0.1, 0.15) is 28.9 Å². The predicted molar refractivity (Wildman–Crippen MR) is 87.2 cm³/mol. The van der Waals surface area contributed by atoms with Gasteiger partial charge in [-0.25, -0.2) is 4.79 Å². The largest absolute Gasteiger partial charge is 0.345 e. The number of aromatic nitrogens is 2. The summed E-state index contributed by atoms with van der Waals surface area (Å²) < 4.78 is 0. The van der Waals surface area contributed by atoms with E-state index in [9.17, 15) is 9.59 Å². The summed E-state index contributed by atoms with van der Waals surface area (Å²) in [5, 5.41) is 0. The zero-order valence-electron chi connectivity index (χ0n) is 13.4. The van der Waals surface area contributed by atoms with Crippen LogP contribution in [0.3, 0.4) is 0 Å². The van der Waals surface area contributed by atoms with E-state index in [2.05, 4.69) is 9.97 Å². The van der Waals surface area contributed by atoms with Crippen molar-refractivity contribution in [2.45, 2.75) is 33.6 Å². The molecule has 2 rings (SSSR count). The Hall–Kier alpha value is -2.43. The van der Waals surface area contributed by atoms with Crippen LogP contribution in [0.4, 0.5) is 5.69 Å². The first-order valence-electron chi connectivity index (χ1n) is 7.28. The second-order valence-corrected chi connectivity index (χ2v) is 5.52. The van der Waals surface area contributed by atoms with E-state index in [4.69, 9.17) is 0 Å². The summed E-state index contributed by atoms with van der Waals surface area (Å²) in [5.41, 5.74) is 4.10. The van der Waals surface area contributed by atoms with Crippen LogP contribution in [0.15, 0.2) is 29.1 Å². The molecule has 1 N–H and O–H groups in total. The highest BCUT2D eigenvalue weighted by Crippen LogP contribution is 2.16. The topological polar surface area (TPSA) is 66.1 Å². The number of nitrogens with zero attached hydrogens (tertiary/aromatic N) is 2. The summed E-state index contributed by atoms with van der Waals surface area (Å²) in [5.74, 6) is 0.0360. The quantitative estimate of drug-likeness (QED) is 0.942. The second-order valence-electron chi connectivity index (χ2n) is 5.52. The van der Waals surface area contributed by atoms with Gasteiger partial charge in [-0.1, -0.05) is 17.7 Å². The van der Waals surface area contributed by atoms with Crippen molar-refractivity contribution in [1.82, 2.24) is 9.97 Å². The number of benzene rings is 1. The molecule has 0 aliphatic heterocycles. The van der Waals surface area contributed by atoms with Gasteiger partial charge in [-0.15, -0.1) is 0 Å². The molecule has 5 nitrogen and oxygen atoms in total. The molecular weight excluding hydrogens is 278 g/mol. The third-order valence-electron chi connectivity index (χ3n) is 3.84. The lowest BCUT2D eigenvalue weighted by atomic mass is 10.1.